The van der Waals surface area contributed by atoms with Crippen molar-refractivity contribution in [1.82, 2.24) is 38.5 Å². The lowest BCUT2D eigenvalue weighted by Crippen LogP contribution is -2.43. The Kier molecular flexibility index (Phi) is 10.8. The number of aromatic amines is 1. The highest BCUT2D eigenvalue weighted by Gasteiger charge is 2.59. The summed E-state index contributed by atoms with van der Waals surface area (Å²) in [6.45, 7) is 13.3. The van der Waals surface area contributed by atoms with Crippen molar-refractivity contribution < 1.29 is 23.0 Å². The third-order valence-corrected chi connectivity index (χ3v) is 17.9. The Hall–Kier alpha value is -6.25. The van der Waals surface area contributed by atoms with Gasteiger partial charge in [-0.05, 0) is 117 Å². The van der Waals surface area contributed by atoms with Crippen LogP contribution in [0.5, 0.6) is 0 Å². The molecule has 7 aromatic rings. The summed E-state index contributed by atoms with van der Waals surface area (Å²) in [6.07, 6.45) is 6.88. The van der Waals surface area contributed by atoms with E-state index in [-0.39, 0.29) is 23.3 Å². The Balaban J connectivity index is 1.11. The van der Waals surface area contributed by atoms with E-state index in [1.165, 1.54) is 10.1 Å². The van der Waals surface area contributed by atoms with E-state index < -0.39 is 24.5 Å². The van der Waals surface area contributed by atoms with Gasteiger partial charge in [-0.2, -0.15) is 5.10 Å². The highest BCUT2D eigenvalue weighted by molar-refractivity contribution is 7.71. The maximum absolute atomic E-state index is 15.5. The minimum absolute atomic E-state index is 0.0201. The second-order valence-corrected chi connectivity index (χ2v) is 21.8. The number of halogens is 1. The van der Waals surface area contributed by atoms with E-state index in [1.807, 2.05) is 59.2 Å². The number of hydrogen-bond acceptors (Lipinski definition) is 9. The molecule has 2 fully saturated rings. The third-order valence-electron chi connectivity index (χ3n) is 14.6. The van der Waals surface area contributed by atoms with E-state index in [4.69, 9.17) is 14.4 Å². The number of aryl methyl sites for hydroxylation is 2. The summed E-state index contributed by atoms with van der Waals surface area (Å²) in [4.78, 5) is 47.4. The Bertz CT molecular complexity index is 3210. The number of nitrogens with zero attached hydrogens (tertiary/aromatic N) is 7. The zero-order chi connectivity index (χ0) is 46.4. The minimum Gasteiger partial charge on any atom is -0.387 e. The molecule has 3 aromatic carbocycles. The largest absolute Gasteiger partial charge is 0.438 e. The molecule has 1 saturated heterocycles. The topological polar surface area (TPSA) is 167 Å². The van der Waals surface area contributed by atoms with Crippen molar-refractivity contribution in [2.24, 2.45) is 5.92 Å². The van der Waals surface area contributed by atoms with Crippen LogP contribution in [0.15, 0.2) is 81.1 Å². The van der Waals surface area contributed by atoms with Crippen molar-refractivity contribution in [1.29, 1.82) is 0 Å². The van der Waals surface area contributed by atoms with Crippen LogP contribution in [0.3, 0.4) is 0 Å². The molecule has 0 radical (unpaired) electrons. The van der Waals surface area contributed by atoms with Gasteiger partial charge in [-0.25, -0.2) is 14.0 Å². The fraction of sp³-hybridized carbons (Fsp3) is 0.408. The Morgan fingerprint density at radius 3 is 2.33 bits per heavy atom. The van der Waals surface area contributed by atoms with Gasteiger partial charge in [-0.1, -0.05) is 32.0 Å². The van der Waals surface area contributed by atoms with Crippen molar-refractivity contribution in [3.8, 4) is 22.6 Å². The molecule has 1 aliphatic carbocycles. The SMILES string of the molecule is CCP(=O)(CC)c1ccc(-n2ccn(-c3c(-c4cc(C)c(F)c(C)c4)nn4c3C(C)N(C(=O)c3cc5cc(C6CCOCC6)ccc5n3[C@@]3(c5noc(=O)[nH]5)C[C@@H]3C)CC4)c2=O)cc1NC. The number of benzene rings is 3. The van der Waals surface area contributed by atoms with Gasteiger partial charge in [0.25, 0.3) is 5.91 Å². The van der Waals surface area contributed by atoms with Crippen LogP contribution in [0.25, 0.3) is 33.5 Å². The number of fused-ring (bicyclic) bond motifs is 2. The van der Waals surface area contributed by atoms with Crippen molar-refractivity contribution in [3.63, 3.8) is 0 Å². The van der Waals surface area contributed by atoms with Crippen molar-refractivity contribution >= 4 is 34.9 Å². The van der Waals surface area contributed by atoms with Crippen LogP contribution in [0, 0.1) is 25.6 Å². The van der Waals surface area contributed by atoms with E-state index in [9.17, 15) is 14.2 Å². The van der Waals surface area contributed by atoms with Crippen molar-refractivity contribution in [2.75, 3.05) is 44.4 Å². The predicted octanol–water partition coefficient (Wildman–Crippen LogP) is 7.84. The van der Waals surface area contributed by atoms with Crippen LogP contribution in [-0.2, 0) is 21.4 Å². The molecule has 6 heterocycles. The van der Waals surface area contributed by atoms with Gasteiger partial charge < -0.3 is 24.1 Å². The molecule has 15 nitrogen and oxygen atoms in total. The van der Waals surface area contributed by atoms with Crippen LogP contribution in [-0.4, -0.2) is 83.6 Å². The first kappa shape index (κ1) is 43.6. The lowest BCUT2D eigenvalue weighted by Gasteiger charge is -2.35. The second-order valence-electron chi connectivity index (χ2n) is 18.2. The van der Waals surface area contributed by atoms with Gasteiger partial charge >= 0.3 is 11.4 Å². The smallest absolute Gasteiger partial charge is 0.387 e. The minimum atomic E-state index is -2.65. The van der Waals surface area contributed by atoms with Crippen LogP contribution in [0.1, 0.15) is 97.6 Å². The lowest BCUT2D eigenvalue weighted by molar-refractivity contribution is 0.0623. The predicted molar refractivity (Wildman–Crippen MR) is 252 cm³/mol. The van der Waals surface area contributed by atoms with Gasteiger partial charge in [0.05, 0.1) is 24.0 Å². The summed E-state index contributed by atoms with van der Waals surface area (Å²) in [6, 6.07) is 16.7. The highest BCUT2D eigenvalue weighted by atomic mass is 31.2. The number of rotatable bonds is 11. The normalized spacial score (nSPS) is 20.0. The number of aromatic nitrogens is 7. The number of carbonyl (C=O) groups is 1. The molecule has 1 amide bonds. The Morgan fingerprint density at radius 2 is 1.68 bits per heavy atom. The number of anilines is 1. The number of nitrogens with one attached hydrogen (secondary N) is 2. The molecule has 1 saturated carbocycles. The van der Waals surface area contributed by atoms with Gasteiger partial charge in [-0.3, -0.25) is 28.1 Å². The summed E-state index contributed by atoms with van der Waals surface area (Å²) in [5, 5.41) is 14.2. The maximum Gasteiger partial charge on any atom is 0.438 e. The fourth-order valence-electron chi connectivity index (χ4n) is 10.7. The zero-order valence-electron chi connectivity index (χ0n) is 38.4. The summed E-state index contributed by atoms with van der Waals surface area (Å²) >= 11 is 0. The molecule has 0 bridgehead atoms. The summed E-state index contributed by atoms with van der Waals surface area (Å²) in [5.41, 5.74) is 5.65. The summed E-state index contributed by atoms with van der Waals surface area (Å²) in [7, 11) is -0.870. The van der Waals surface area contributed by atoms with Gasteiger partial charge in [-0.15, -0.1) is 0 Å². The van der Waals surface area contributed by atoms with Gasteiger partial charge in [0.15, 0.2) is 5.82 Å². The maximum atomic E-state index is 15.5. The van der Waals surface area contributed by atoms with Crippen LogP contribution in [0.4, 0.5) is 10.1 Å². The van der Waals surface area contributed by atoms with Gasteiger partial charge in [0.2, 0.25) is 0 Å². The summed E-state index contributed by atoms with van der Waals surface area (Å²) < 4.78 is 46.7. The molecular formula is C49H55FN9O6P. The van der Waals surface area contributed by atoms with Crippen molar-refractivity contribution in [3.05, 3.63) is 128 Å². The zero-order valence-corrected chi connectivity index (χ0v) is 39.2. The summed E-state index contributed by atoms with van der Waals surface area (Å²) in [5.74, 6) is -0.489. The number of ether oxygens (including phenoxy) is 1. The lowest BCUT2D eigenvalue weighted by atomic mass is 9.91. The Morgan fingerprint density at radius 1 is 0.970 bits per heavy atom. The van der Waals surface area contributed by atoms with Crippen LogP contribution in [0.2, 0.25) is 0 Å². The second kappa shape index (κ2) is 16.3. The molecule has 3 atom stereocenters. The molecule has 1 unspecified atom stereocenters. The number of imidazole rings is 1. The molecule has 17 heteroatoms. The van der Waals surface area contributed by atoms with E-state index in [0.717, 1.165) is 29.0 Å². The first-order valence-electron chi connectivity index (χ1n) is 22.9. The van der Waals surface area contributed by atoms with Crippen molar-refractivity contribution in [2.45, 2.75) is 84.8 Å². The van der Waals surface area contributed by atoms with Gasteiger partial charge in [0.1, 0.15) is 35.6 Å². The average Bonchev–Trinajstić information content (AvgIpc) is 3.82. The molecule has 4 aromatic heterocycles. The third kappa shape index (κ3) is 6.77. The van der Waals surface area contributed by atoms with E-state index >= 15 is 9.18 Å². The van der Waals surface area contributed by atoms with E-state index in [0.29, 0.717) is 108 Å². The number of hydrogen-bond donors (Lipinski definition) is 2. The first-order chi connectivity index (χ1) is 31.7. The van der Waals surface area contributed by atoms with E-state index in [2.05, 4.69) is 40.6 Å². The standard InChI is InChI=1S/C49H55FN9O6P/c1-8-66(63,9-2)40-13-11-36(26-37(40)51-7)56-16-17-57(48(56)62)44-42(35-22-28(3)41(50)29(4)23-35)53-58-19-18-55(31(6)43(44)58)45(60)39-25-34-24-33(32-14-20-64-21-15-32)10-12-38(34)59(39)49(27-30(49)5)46-52-47(61)65-54-46/h10-13,16-17,22-26,30-32,51H,8-9,14-15,18-21,27H2,1-7H3,(H,52,54,61)/t30-,31?,49-/m0/s1. The molecule has 344 valence electrons. The molecule has 3 aliphatic rings. The quantitative estimate of drug-likeness (QED) is 0.123. The average molecular weight is 916 g/mol. The number of carbonyl (C=O) groups excluding carboxylic acids is 1. The number of amides is 1. The van der Waals surface area contributed by atoms with Gasteiger partial charge in [0, 0.05) is 79.0 Å². The molecule has 2 aliphatic heterocycles. The highest BCUT2D eigenvalue weighted by Crippen LogP contribution is 2.56. The molecular weight excluding hydrogens is 861 g/mol. The monoisotopic (exact) mass is 915 g/mol. The molecule has 10 rings (SSSR count). The Labute approximate surface area is 380 Å². The van der Waals surface area contributed by atoms with E-state index in [1.54, 1.807) is 50.0 Å². The van der Waals surface area contributed by atoms with Crippen LogP contribution < -0.4 is 22.1 Å². The first-order valence-corrected chi connectivity index (χ1v) is 25.0. The number of H-pyrrole nitrogens is 1. The van der Waals surface area contributed by atoms with Crippen LogP contribution >= 0.6 is 7.14 Å². The fourth-order valence-corrected chi connectivity index (χ4v) is 12.8. The molecule has 66 heavy (non-hydrogen) atoms. The molecule has 0 spiro atoms. The molecule has 2 N–H and O–H groups in total.